The van der Waals surface area contributed by atoms with Crippen LogP contribution in [0.1, 0.15) is 27.6 Å². The molecule has 1 heterocycles. The van der Waals surface area contributed by atoms with E-state index in [9.17, 15) is 14.4 Å². The number of para-hydroxylation sites is 1. The van der Waals surface area contributed by atoms with E-state index in [0.717, 1.165) is 4.90 Å². The van der Waals surface area contributed by atoms with Crippen molar-refractivity contribution in [1.82, 2.24) is 0 Å². The van der Waals surface area contributed by atoms with E-state index in [-0.39, 0.29) is 23.1 Å². The lowest BCUT2D eigenvalue weighted by Crippen LogP contribution is -2.29. The second kappa shape index (κ2) is 7.00. The van der Waals surface area contributed by atoms with Gasteiger partial charge in [0, 0.05) is 18.7 Å². The van der Waals surface area contributed by atoms with E-state index in [0.29, 0.717) is 22.7 Å². The van der Waals surface area contributed by atoms with Crippen LogP contribution in [0.2, 0.25) is 0 Å². The van der Waals surface area contributed by atoms with Crippen LogP contribution in [0.5, 0.6) is 11.5 Å². The number of rotatable bonds is 4. The van der Waals surface area contributed by atoms with Gasteiger partial charge >= 0.3 is 0 Å². The molecule has 1 aliphatic heterocycles. The monoisotopic (exact) mass is 372 g/mol. The molecule has 0 radical (unpaired) electrons. The van der Waals surface area contributed by atoms with Gasteiger partial charge in [-0.3, -0.25) is 14.4 Å². The van der Waals surface area contributed by atoms with Crippen molar-refractivity contribution in [2.45, 2.75) is 6.92 Å². The van der Waals surface area contributed by atoms with Gasteiger partial charge in [0.05, 0.1) is 16.8 Å². The summed E-state index contributed by atoms with van der Waals surface area (Å²) in [6.07, 6.45) is 0. The average Bonchev–Trinajstić information content (AvgIpc) is 2.94. The highest BCUT2D eigenvalue weighted by atomic mass is 16.5. The molecule has 3 amide bonds. The van der Waals surface area contributed by atoms with Gasteiger partial charge in [0.1, 0.15) is 11.5 Å². The third kappa shape index (κ3) is 3.12. The predicted octanol–water partition coefficient (Wildman–Crippen LogP) is 4.24. The maximum absolute atomic E-state index is 13.0. The van der Waals surface area contributed by atoms with Gasteiger partial charge in [-0.05, 0) is 36.4 Å². The van der Waals surface area contributed by atoms with Crippen LogP contribution in [0, 0.1) is 0 Å². The minimum Gasteiger partial charge on any atom is -0.456 e. The highest BCUT2D eigenvalue weighted by Crippen LogP contribution is 2.36. The number of carbonyl (C=O) groups is 3. The number of benzene rings is 3. The molecule has 28 heavy (non-hydrogen) atoms. The quantitative estimate of drug-likeness (QED) is 0.695. The smallest absolute Gasteiger partial charge is 0.269 e. The molecule has 0 fully saturated rings. The van der Waals surface area contributed by atoms with Gasteiger partial charge in [0.15, 0.2) is 0 Å². The fourth-order valence-electron chi connectivity index (χ4n) is 3.12. The zero-order valence-electron chi connectivity index (χ0n) is 15.0. The molecule has 0 aliphatic carbocycles. The lowest BCUT2D eigenvalue weighted by molar-refractivity contribution is -0.114. The topological polar surface area (TPSA) is 75.7 Å². The molecule has 0 unspecified atom stereocenters. The fraction of sp³-hybridized carbons (Fsp3) is 0.0455. The highest BCUT2D eigenvalue weighted by molar-refractivity contribution is 6.35. The van der Waals surface area contributed by atoms with E-state index in [1.54, 1.807) is 66.7 Å². The molecule has 6 nitrogen and oxygen atoms in total. The molecule has 0 saturated heterocycles. The Morgan fingerprint density at radius 3 is 2.39 bits per heavy atom. The number of nitrogens with one attached hydrogen (secondary N) is 1. The van der Waals surface area contributed by atoms with Gasteiger partial charge in [-0.1, -0.05) is 30.3 Å². The third-order valence-corrected chi connectivity index (χ3v) is 4.27. The summed E-state index contributed by atoms with van der Waals surface area (Å²) in [6, 6.07) is 20.5. The number of carbonyl (C=O) groups excluding carboxylic acids is 3. The molecule has 3 aromatic rings. The number of ether oxygens (including phenoxy) is 1. The predicted molar refractivity (Wildman–Crippen MR) is 105 cm³/mol. The zero-order chi connectivity index (χ0) is 19.7. The molecule has 1 N–H and O–H groups in total. The summed E-state index contributed by atoms with van der Waals surface area (Å²) in [7, 11) is 0. The molecule has 0 aromatic heterocycles. The Balaban J connectivity index is 1.69. The number of imide groups is 1. The normalized spacial score (nSPS) is 12.7. The molecule has 0 spiro atoms. The third-order valence-electron chi connectivity index (χ3n) is 4.27. The van der Waals surface area contributed by atoms with E-state index >= 15 is 0 Å². The van der Waals surface area contributed by atoms with Crippen molar-refractivity contribution in [3.05, 3.63) is 83.9 Å². The van der Waals surface area contributed by atoms with Crippen LogP contribution >= 0.6 is 0 Å². The van der Waals surface area contributed by atoms with Crippen molar-refractivity contribution in [2.75, 3.05) is 10.2 Å². The first-order valence-electron chi connectivity index (χ1n) is 8.67. The first-order chi connectivity index (χ1) is 13.5. The Hall–Kier alpha value is -3.93. The Morgan fingerprint density at radius 1 is 0.893 bits per heavy atom. The van der Waals surface area contributed by atoms with Gasteiger partial charge in [0.25, 0.3) is 11.8 Å². The molecular formula is C22H16N2O4. The van der Waals surface area contributed by atoms with E-state index in [1.165, 1.54) is 6.92 Å². The lowest BCUT2D eigenvalue weighted by Gasteiger charge is -2.14. The summed E-state index contributed by atoms with van der Waals surface area (Å²) in [5.74, 6) is -0.284. The Labute approximate surface area is 161 Å². The van der Waals surface area contributed by atoms with Crippen LogP contribution in [0.15, 0.2) is 72.8 Å². The van der Waals surface area contributed by atoms with Crippen LogP contribution in [-0.4, -0.2) is 17.7 Å². The second-order valence-corrected chi connectivity index (χ2v) is 6.27. The number of fused-ring (bicyclic) bond motifs is 1. The summed E-state index contributed by atoms with van der Waals surface area (Å²) in [4.78, 5) is 38.2. The number of anilines is 2. The second-order valence-electron chi connectivity index (χ2n) is 6.27. The van der Waals surface area contributed by atoms with Crippen LogP contribution in [0.3, 0.4) is 0 Å². The Kier molecular flexibility index (Phi) is 4.37. The van der Waals surface area contributed by atoms with E-state index < -0.39 is 5.91 Å². The molecule has 0 bridgehead atoms. The minimum atomic E-state index is -0.431. The van der Waals surface area contributed by atoms with E-state index in [2.05, 4.69) is 5.32 Å². The largest absolute Gasteiger partial charge is 0.456 e. The van der Waals surface area contributed by atoms with Crippen LogP contribution in [-0.2, 0) is 4.79 Å². The Bertz CT molecular complexity index is 1090. The van der Waals surface area contributed by atoms with Crippen molar-refractivity contribution >= 4 is 29.1 Å². The van der Waals surface area contributed by atoms with Crippen LogP contribution in [0.25, 0.3) is 0 Å². The molecule has 3 aromatic carbocycles. The standard InChI is InChI=1S/C22H16N2O4/c1-14(25)23-15-7-5-10-17(13-15)28-19-12-6-11-18-20(19)22(27)24(21(18)26)16-8-3-2-4-9-16/h2-13H,1H3,(H,23,25). The first kappa shape index (κ1) is 17.5. The van der Waals surface area contributed by atoms with Crippen molar-refractivity contribution in [2.24, 2.45) is 0 Å². The number of amides is 3. The molecule has 0 atom stereocenters. The summed E-state index contributed by atoms with van der Waals surface area (Å²) in [6.45, 7) is 1.42. The first-order valence-corrected chi connectivity index (χ1v) is 8.67. The van der Waals surface area contributed by atoms with Gasteiger partial charge in [-0.25, -0.2) is 4.90 Å². The van der Waals surface area contributed by atoms with Crippen molar-refractivity contribution in [3.63, 3.8) is 0 Å². The number of hydrogen-bond acceptors (Lipinski definition) is 4. The maximum atomic E-state index is 13.0. The van der Waals surface area contributed by atoms with Crippen molar-refractivity contribution in [3.8, 4) is 11.5 Å². The lowest BCUT2D eigenvalue weighted by atomic mass is 10.1. The summed E-state index contributed by atoms with van der Waals surface area (Å²) in [5, 5.41) is 2.68. The fourth-order valence-corrected chi connectivity index (χ4v) is 3.12. The minimum absolute atomic E-state index is 0.197. The average molecular weight is 372 g/mol. The SMILES string of the molecule is CC(=O)Nc1cccc(Oc2cccc3c2C(=O)N(c2ccccc2)C3=O)c1. The zero-order valence-corrected chi connectivity index (χ0v) is 15.0. The summed E-state index contributed by atoms with van der Waals surface area (Å²) >= 11 is 0. The molecule has 138 valence electrons. The van der Waals surface area contributed by atoms with Gasteiger partial charge in [-0.2, -0.15) is 0 Å². The van der Waals surface area contributed by atoms with E-state index in [4.69, 9.17) is 4.74 Å². The van der Waals surface area contributed by atoms with E-state index in [1.807, 2.05) is 6.07 Å². The molecule has 0 saturated carbocycles. The van der Waals surface area contributed by atoms with Crippen molar-refractivity contribution in [1.29, 1.82) is 0 Å². The van der Waals surface area contributed by atoms with Crippen LogP contribution in [0.4, 0.5) is 11.4 Å². The molecule has 6 heteroatoms. The van der Waals surface area contributed by atoms with Gasteiger partial charge in [-0.15, -0.1) is 0 Å². The van der Waals surface area contributed by atoms with Crippen molar-refractivity contribution < 1.29 is 19.1 Å². The molecular weight excluding hydrogens is 356 g/mol. The summed E-state index contributed by atoms with van der Waals surface area (Å²) < 4.78 is 5.90. The maximum Gasteiger partial charge on any atom is 0.269 e. The summed E-state index contributed by atoms with van der Waals surface area (Å²) in [5.41, 5.74) is 1.60. The number of hydrogen-bond donors (Lipinski definition) is 1. The highest BCUT2D eigenvalue weighted by Gasteiger charge is 2.39. The Morgan fingerprint density at radius 2 is 1.64 bits per heavy atom. The van der Waals surface area contributed by atoms with Crippen LogP contribution < -0.4 is 15.0 Å². The number of nitrogens with zero attached hydrogens (tertiary/aromatic N) is 1. The van der Waals surface area contributed by atoms with Gasteiger partial charge < -0.3 is 10.1 Å². The molecule has 1 aliphatic rings. The van der Waals surface area contributed by atoms with Gasteiger partial charge in [0.2, 0.25) is 5.91 Å². The molecule has 4 rings (SSSR count).